The summed E-state index contributed by atoms with van der Waals surface area (Å²) in [5.74, 6) is 1.30. The second kappa shape index (κ2) is 7.05. The first-order valence-electron chi connectivity index (χ1n) is 9.38. The molecule has 6 nitrogen and oxygen atoms in total. The summed E-state index contributed by atoms with van der Waals surface area (Å²) in [4.78, 5) is 33.8. The Bertz CT molecular complexity index is 1150. The van der Waals surface area contributed by atoms with Crippen molar-refractivity contribution in [2.24, 2.45) is 0 Å². The minimum atomic E-state index is -0.160. The van der Waals surface area contributed by atoms with Crippen molar-refractivity contribution in [2.45, 2.75) is 39.7 Å². The fraction of sp³-hybridized carbons (Fsp3) is 0.381. The van der Waals surface area contributed by atoms with Gasteiger partial charge in [0.1, 0.15) is 16.4 Å². The Morgan fingerprint density at radius 3 is 2.82 bits per heavy atom. The summed E-state index contributed by atoms with van der Waals surface area (Å²) < 4.78 is 7.20. The summed E-state index contributed by atoms with van der Waals surface area (Å²) in [6.07, 6.45) is 2.85. The van der Waals surface area contributed by atoms with Gasteiger partial charge in [0.15, 0.2) is 0 Å². The average molecular weight is 398 g/mol. The summed E-state index contributed by atoms with van der Waals surface area (Å²) in [5.41, 5.74) is 2.43. The molecule has 0 spiro atoms. The maximum atomic E-state index is 13.3. The number of fused-ring (bicyclic) bond motifs is 2. The van der Waals surface area contributed by atoms with Gasteiger partial charge in [-0.15, -0.1) is 11.3 Å². The van der Waals surface area contributed by atoms with Crippen LogP contribution in [0.3, 0.4) is 0 Å². The fourth-order valence-electron chi connectivity index (χ4n) is 3.76. The molecule has 28 heavy (non-hydrogen) atoms. The molecule has 1 aliphatic heterocycles. The van der Waals surface area contributed by atoms with E-state index in [4.69, 9.17) is 9.72 Å². The molecular formula is C21H23N3O3S. The molecule has 2 aromatic heterocycles. The number of thiophene rings is 1. The Hall–Kier alpha value is -2.67. The number of carbonyl (C=O) groups excluding carboxylic acids is 1. The lowest BCUT2D eigenvalue weighted by Gasteiger charge is -2.20. The fourth-order valence-corrected chi connectivity index (χ4v) is 4.93. The zero-order valence-corrected chi connectivity index (χ0v) is 17.4. The van der Waals surface area contributed by atoms with E-state index in [1.165, 1.54) is 11.3 Å². The van der Waals surface area contributed by atoms with Gasteiger partial charge in [0.25, 0.3) is 11.5 Å². The molecular weight excluding hydrogens is 374 g/mol. The van der Waals surface area contributed by atoms with Crippen LogP contribution in [0, 0.1) is 13.8 Å². The number of nitrogens with zero attached hydrogens (tertiary/aromatic N) is 3. The number of methoxy groups -OCH3 is 1. The molecule has 0 radical (unpaired) electrons. The van der Waals surface area contributed by atoms with Gasteiger partial charge in [-0.3, -0.25) is 14.2 Å². The van der Waals surface area contributed by atoms with Crippen LogP contribution in [-0.2, 0) is 13.0 Å². The number of anilines is 1. The van der Waals surface area contributed by atoms with E-state index in [1.807, 2.05) is 32.0 Å². The zero-order chi connectivity index (χ0) is 20.0. The molecule has 0 N–H and O–H groups in total. The molecule has 3 aromatic rings. The van der Waals surface area contributed by atoms with Crippen molar-refractivity contribution >= 4 is 33.1 Å². The van der Waals surface area contributed by atoms with Crippen LogP contribution in [0.15, 0.2) is 23.0 Å². The number of hydrogen-bond donors (Lipinski definition) is 0. The second-order valence-electron chi connectivity index (χ2n) is 7.22. The molecule has 1 aliphatic rings. The van der Waals surface area contributed by atoms with E-state index in [-0.39, 0.29) is 11.5 Å². The van der Waals surface area contributed by atoms with Crippen LogP contribution in [0.5, 0.6) is 5.75 Å². The van der Waals surface area contributed by atoms with Gasteiger partial charge in [-0.2, -0.15) is 0 Å². The molecule has 7 heteroatoms. The van der Waals surface area contributed by atoms with Crippen molar-refractivity contribution in [1.29, 1.82) is 0 Å². The Morgan fingerprint density at radius 1 is 1.29 bits per heavy atom. The van der Waals surface area contributed by atoms with Crippen molar-refractivity contribution in [3.8, 4) is 5.75 Å². The summed E-state index contributed by atoms with van der Waals surface area (Å²) in [5, 5.41) is 0.573. The third kappa shape index (κ3) is 2.90. The number of benzene rings is 1. The van der Waals surface area contributed by atoms with E-state index in [9.17, 15) is 9.59 Å². The molecule has 0 unspecified atom stereocenters. The van der Waals surface area contributed by atoms with Gasteiger partial charge in [0.05, 0.1) is 23.1 Å². The third-order valence-corrected chi connectivity index (χ3v) is 6.53. The molecule has 0 aliphatic carbocycles. The van der Waals surface area contributed by atoms with E-state index in [0.29, 0.717) is 38.6 Å². The van der Waals surface area contributed by atoms with Crippen LogP contribution in [-0.4, -0.2) is 29.6 Å². The van der Waals surface area contributed by atoms with Gasteiger partial charge in [0.2, 0.25) is 0 Å². The highest BCUT2D eigenvalue weighted by Gasteiger charge is 2.25. The zero-order valence-electron chi connectivity index (χ0n) is 16.5. The largest absolute Gasteiger partial charge is 0.495 e. The normalized spacial score (nSPS) is 13.4. The maximum absolute atomic E-state index is 13.3. The van der Waals surface area contributed by atoms with E-state index in [1.54, 1.807) is 23.6 Å². The van der Waals surface area contributed by atoms with Crippen molar-refractivity contribution < 1.29 is 9.53 Å². The minimum Gasteiger partial charge on any atom is -0.495 e. The van der Waals surface area contributed by atoms with Crippen LogP contribution in [0.25, 0.3) is 10.2 Å². The van der Waals surface area contributed by atoms with E-state index < -0.39 is 0 Å². The number of carbonyl (C=O) groups is 1. The van der Waals surface area contributed by atoms with Gasteiger partial charge < -0.3 is 9.64 Å². The minimum absolute atomic E-state index is 0.0247. The molecule has 1 amide bonds. The van der Waals surface area contributed by atoms with Gasteiger partial charge >= 0.3 is 0 Å². The number of aromatic nitrogens is 2. The smallest absolute Gasteiger partial charge is 0.268 e. The lowest BCUT2D eigenvalue weighted by molar-refractivity contribution is 0.0996. The first kappa shape index (κ1) is 18.7. The SMILES string of the molecule is COc1ccc(C)cc1N(C)C(=O)c1sc2nc3n(c(=O)c2c1C)CCCC3. The highest BCUT2D eigenvalue weighted by Crippen LogP contribution is 2.33. The topological polar surface area (TPSA) is 64.4 Å². The molecule has 0 saturated heterocycles. The van der Waals surface area contributed by atoms with Gasteiger partial charge in [-0.25, -0.2) is 4.98 Å². The van der Waals surface area contributed by atoms with Crippen molar-refractivity contribution in [1.82, 2.24) is 9.55 Å². The van der Waals surface area contributed by atoms with Crippen molar-refractivity contribution in [3.05, 3.63) is 50.4 Å². The van der Waals surface area contributed by atoms with E-state index >= 15 is 0 Å². The number of hydrogen-bond acceptors (Lipinski definition) is 5. The molecule has 3 heterocycles. The molecule has 146 valence electrons. The molecule has 0 saturated carbocycles. The Balaban J connectivity index is 1.82. The lowest BCUT2D eigenvalue weighted by Crippen LogP contribution is -2.28. The van der Waals surface area contributed by atoms with Crippen molar-refractivity contribution in [3.63, 3.8) is 0 Å². The van der Waals surface area contributed by atoms with Crippen LogP contribution in [0.1, 0.15) is 39.5 Å². The summed E-state index contributed by atoms with van der Waals surface area (Å²) in [6.45, 7) is 4.52. The Kier molecular flexibility index (Phi) is 4.71. The molecule has 0 fully saturated rings. The first-order chi connectivity index (χ1) is 13.4. The third-order valence-electron chi connectivity index (χ3n) is 5.36. The highest BCUT2D eigenvalue weighted by molar-refractivity contribution is 7.20. The number of rotatable bonds is 3. The Morgan fingerprint density at radius 2 is 2.07 bits per heavy atom. The standard InChI is InChI=1S/C21H23N3O3S/c1-12-8-9-15(27-4)14(11-12)23(3)21(26)18-13(2)17-19(28-18)22-16-7-5-6-10-24(16)20(17)25/h8-9,11H,5-7,10H2,1-4H3. The maximum Gasteiger partial charge on any atom is 0.268 e. The van der Waals surface area contributed by atoms with Crippen LogP contribution in [0.4, 0.5) is 5.69 Å². The first-order valence-corrected chi connectivity index (χ1v) is 10.2. The molecule has 1 aromatic carbocycles. The monoisotopic (exact) mass is 397 g/mol. The number of aryl methyl sites for hydroxylation is 3. The van der Waals surface area contributed by atoms with Crippen LogP contribution < -0.4 is 15.2 Å². The van der Waals surface area contributed by atoms with E-state index in [0.717, 1.165) is 30.7 Å². The Labute approximate surface area is 167 Å². The summed E-state index contributed by atoms with van der Waals surface area (Å²) in [6, 6.07) is 5.72. The predicted molar refractivity (Wildman–Crippen MR) is 112 cm³/mol. The highest BCUT2D eigenvalue weighted by atomic mass is 32.1. The van der Waals surface area contributed by atoms with Crippen LogP contribution >= 0.6 is 11.3 Å². The van der Waals surface area contributed by atoms with Gasteiger partial charge in [-0.05, 0) is 49.9 Å². The molecule has 0 atom stereocenters. The van der Waals surface area contributed by atoms with Crippen LogP contribution in [0.2, 0.25) is 0 Å². The lowest BCUT2D eigenvalue weighted by atomic mass is 10.1. The number of ether oxygens (including phenoxy) is 1. The van der Waals surface area contributed by atoms with Crippen molar-refractivity contribution in [2.75, 3.05) is 19.1 Å². The van der Waals surface area contributed by atoms with Gasteiger partial charge in [0, 0.05) is 20.0 Å². The molecule has 4 rings (SSSR count). The summed E-state index contributed by atoms with van der Waals surface area (Å²) in [7, 11) is 3.32. The predicted octanol–water partition coefficient (Wildman–Crippen LogP) is 3.70. The number of amides is 1. The second-order valence-corrected chi connectivity index (χ2v) is 8.22. The van der Waals surface area contributed by atoms with Gasteiger partial charge in [-0.1, -0.05) is 6.07 Å². The van der Waals surface area contributed by atoms with E-state index in [2.05, 4.69) is 0 Å². The molecule has 0 bridgehead atoms. The average Bonchev–Trinajstić information content (AvgIpc) is 3.03. The summed E-state index contributed by atoms with van der Waals surface area (Å²) >= 11 is 1.30. The quantitative estimate of drug-likeness (QED) is 0.676.